The van der Waals surface area contributed by atoms with Gasteiger partial charge in [-0.15, -0.1) is 0 Å². The fraction of sp³-hybridized carbons (Fsp3) is 0.467. The minimum atomic E-state index is -0.632. The SMILES string of the molecule is CC(=O)N1CCN(C(=O)c2ccncc2)CC1C(=O)N(C)C. The molecule has 1 fully saturated rings. The van der Waals surface area contributed by atoms with Gasteiger partial charge in [-0.25, -0.2) is 0 Å². The molecule has 0 aliphatic carbocycles. The molecule has 1 saturated heterocycles. The molecule has 7 nitrogen and oxygen atoms in total. The zero-order chi connectivity index (χ0) is 16.3. The fourth-order valence-corrected chi connectivity index (χ4v) is 2.53. The standard InChI is InChI=1S/C15H20N4O3/c1-11(20)19-9-8-18(10-13(19)15(22)17(2)3)14(21)12-4-6-16-7-5-12/h4-7,13H,8-10H2,1-3H3. The van der Waals surface area contributed by atoms with E-state index in [0.29, 0.717) is 18.7 Å². The van der Waals surface area contributed by atoms with Crippen LogP contribution < -0.4 is 0 Å². The number of hydrogen-bond donors (Lipinski definition) is 0. The second-order valence-corrected chi connectivity index (χ2v) is 5.45. The Morgan fingerprint density at radius 1 is 1.18 bits per heavy atom. The van der Waals surface area contributed by atoms with Gasteiger partial charge < -0.3 is 14.7 Å². The number of pyridine rings is 1. The first kappa shape index (κ1) is 15.9. The third-order valence-corrected chi connectivity index (χ3v) is 3.73. The number of piperazine rings is 1. The van der Waals surface area contributed by atoms with E-state index in [1.165, 1.54) is 16.7 Å². The van der Waals surface area contributed by atoms with Crippen molar-refractivity contribution in [3.63, 3.8) is 0 Å². The lowest BCUT2D eigenvalue weighted by Gasteiger charge is -2.41. The summed E-state index contributed by atoms with van der Waals surface area (Å²) in [6, 6.07) is 2.65. The molecule has 0 radical (unpaired) electrons. The Morgan fingerprint density at radius 3 is 2.36 bits per heavy atom. The van der Waals surface area contributed by atoms with Gasteiger partial charge in [0, 0.05) is 52.1 Å². The van der Waals surface area contributed by atoms with Crippen molar-refractivity contribution in [2.45, 2.75) is 13.0 Å². The Labute approximate surface area is 129 Å². The van der Waals surface area contributed by atoms with Crippen molar-refractivity contribution < 1.29 is 14.4 Å². The summed E-state index contributed by atoms with van der Waals surface area (Å²) in [7, 11) is 3.29. The summed E-state index contributed by atoms with van der Waals surface area (Å²) in [5, 5.41) is 0. The van der Waals surface area contributed by atoms with Gasteiger partial charge in [0.2, 0.25) is 11.8 Å². The number of hydrogen-bond acceptors (Lipinski definition) is 4. The smallest absolute Gasteiger partial charge is 0.254 e. The molecular weight excluding hydrogens is 284 g/mol. The Morgan fingerprint density at radius 2 is 1.82 bits per heavy atom. The number of likely N-dealkylation sites (N-methyl/N-ethyl adjacent to an activating group) is 1. The molecule has 7 heteroatoms. The first-order valence-electron chi connectivity index (χ1n) is 7.09. The molecular formula is C15H20N4O3. The van der Waals surface area contributed by atoms with Crippen molar-refractivity contribution in [2.24, 2.45) is 0 Å². The molecule has 1 atom stereocenters. The molecule has 1 aromatic rings. The largest absolute Gasteiger partial charge is 0.347 e. The first-order valence-corrected chi connectivity index (χ1v) is 7.09. The van der Waals surface area contributed by atoms with Crippen molar-refractivity contribution in [3.05, 3.63) is 30.1 Å². The second kappa shape index (κ2) is 6.55. The van der Waals surface area contributed by atoms with Crippen LogP contribution in [0.4, 0.5) is 0 Å². The predicted molar refractivity (Wildman–Crippen MR) is 80.0 cm³/mol. The van der Waals surface area contributed by atoms with E-state index in [1.54, 1.807) is 43.5 Å². The maximum atomic E-state index is 12.5. The van der Waals surface area contributed by atoms with E-state index in [9.17, 15) is 14.4 Å². The van der Waals surface area contributed by atoms with Crippen LogP contribution in [0.15, 0.2) is 24.5 Å². The molecule has 3 amide bonds. The molecule has 118 valence electrons. The van der Waals surface area contributed by atoms with Crippen LogP contribution in [-0.4, -0.2) is 77.2 Å². The lowest BCUT2D eigenvalue weighted by Crippen LogP contribution is -2.61. The minimum absolute atomic E-state index is 0.151. The summed E-state index contributed by atoms with van der Waals surface area (Å²) in [5.41, 5.74) is 0.530. The van der Waals surface area contributed by atoms with Crippen molar-refractivity contribution in [1.82, 2.24) is 19.7 Å². The molecule has 0 aromatic carbocycles. The van der Waals surface area contributed by atoms with E-state index in [-0.39, 0.29) is 24.3 Å². The van der Waals surface area contributed by atoms with Crippen LogP contribution in [0.1, 0.15) is 17.3 Å². The average molecular weight is 304 g/mol. The highest BCUT2D eigenvalue weighted by atomic mass is 16.2. The molecule has 2 heterocycles. The summed E-state index contributed by atoms with van der Waals surface area (Å²) in [5.74, 6) is -0.485. The molecule has 0 N–H and O–H groups in total. The first-order chi connectivity index (χ1) is 10.4. The van der Waals surface area contributed by atoms with E-state index < -0.39 is 6.04 Å². The Bertz CT molecular complexity index is 573. The summed E-state index contributed by atoms with van der Waals surface area (Å²) < 4.78 is 0. The average Bonchev–Trinajstić information content (AvgIpc) is 2.53. The van der Waals surface area contributed by atoms with Gasteiger partial charge in [0.1, 0.15) is 6.04 Å². The Hall–Kier alpha value is -2.44. The minimum Gasteiger partial charge on any atom is -0.347 e. The number of nitrogens with zero attached hydrogens (tertiary/aromatic N) is 4. The monoisotopic (exact) mass is 304 g/mol. The molecule has 0 bridgehead atoms. The van der Waals surface area contributed by atoms with Crippen LogP contribution in [0.5, 0.6) is 0 Å². The zero-order valence-corrected chi connectivity index (χ0v) is 13.0. The number of carbonyl (C=O) groups is 3. The Balaban J connectivity index is 2.19. The predicted octanol–water partition coefficient (Wildman–Crippen LogP) is -0.157. The van der Waals surface area contributed by atoms with E-state index in [2.05, 4.69) is 4.98 Å². The molecule has 1 aliphatic rings. The maximum Gasteiger partial charge on any atom is 0.254 e. The van der Waals surface area contributed by atoms with Gasteiger partial charge in [-0.2, -0.15) is 0 Å². The third kappa shape index (κ3) is 3.24. The summed E-state index contributed by atoms with van der Waals surface area (Å²) >= 11 is 0. The van der Waals surface area contributed by atoms with E-state index in [1.807, 2.05) is 0 Å². The number of carbonyl (C=O) groups excluding carboxylic acids is 3. The van der Waals surface area contributed by atoms with Crippen molar-refractivity contribution in [3.8, 4) is 0 Å². The lowest BCUT2D eigenvalue weighted by atomic mass is 10.1. The van der Waals surface area contributed by atoms with Crippen molar-refractivity contribution in [2.75, 3.05) is 33.7 Å². The number of amides is 3. The van der Waals surface area contributed by atoms with E-state index in [4.69, 9.17) is 0 Å². The van der Waals surface area contributed by atoms with Gasteiger partial charge in [-0.05, 0) is 12.1 Å². The molecule has 22 heavy (non-hydrogen) atoms. The molecule has 2 rings (SSSR count). The topological polar surface area (TPSA) is 73.8 Å². The molecule has 1 aliphatic heterocycles. The summed E-state index contributed by atoms with van der Waals surface area (Å²) in [6.45, 7) is 2.42. The van der Waals surface area contributed by atoms with Gasteiger partial charge in [0.15, 0.2) is 0 Å². The molecule has 1 unspecified atom stereocenters. The van der Waals surface area contributed by atoms with E-state index >= 15 is 0 Å². The van der Waals surface area contributed by atoms with Crippen LogP contribution in [0.25, 0.3) is 0 Å². The highest BCUT2D eigenvalue weighted by molar-refractivity contribution is 5.95. The normalized spacial score (nSPS) is 18.0. The second-order valence-electron chi connectivity index (χ2n) is 5.45. The molecule has 0 spiro atoms. The van der Waals surface area contributed by atoms with Gasteiger partial charge in [-0.3, -0.25) is 19.4 Å². The van der Waals surface area contributed by atoms with Crippen LogP contribution in [0, 0.1) is 0 Å². The van der Waals surface area contributed by atoms with Crippen molar-refractivity contribution in [1.29, 1.82) is 0 Å². The van der Waals surface area contributed by atoms with Crippen molar-refractivity contribution >= 4 is 17.7 Å². The number of rotatable bonds is 2. The van der Waals surface area contributed by atoms with Crippen LogP contribution in [0.3, 0.4) is 0 Å². The quantitative estimate of drug-likeness (QED) is 0.761. The summed E-state index contributed by atoms with van der Waals surface area (Å²) in [4.78, 5) is 45.0. The third-order valence-electron chi connectivity index (χ3n) is 3.73. The van der Waals surface area contributed by atoms with Crippen LogP contribution in [0.2, 0.25) is 0 Å². The number of aromatic nitrogens is 1. The summed E-state index contributed by atoms with van der Waals surface area (Å²) in [6.07, 6.45) is 3.11. The highest BCUT2D eigenvalue weighted by Gasteiger charge is 2.36. The molecule has 0 saturated carbocycles. The van der Waals surface area contributed by atoms with Gasteiger partial charge in [-0.1, -0.05) is 0 Å². The van der Waals surface area contributed by atoms with Gasteiger partial charge in [0.25, 0.3) is 5.91 Å². The Kier molecular flexibility index (Phi) is 4.75. The van der Waals surface area contributed by atoms with Crippen LogP contribution in [-0.2, 0) is 9.59 Å². The fourth-order valence-electron chi connectivity index (χ4n) is 2.53. The van der Waals surface area contributed by atoms with E-state index in [0.717, 1.165) is 0 Å². The zero-order valence-electron chi connectivity index (χ0n) is 13.0. The maximum absolute atomic E-state index is 12.5. The lowest BCUT2D eigenvalue weighted by molar-refractivity contribution is -0.146. The van der Waals surface area contributed by atoms with Gasteiger partial charge >= 0.3 is 0 Å². The van der Waals surface area contributed by atoms with Gasteiger partial charge in [0.05, 0.1) is 6.54 Å². The highest BCUT2D eigenvalue weighted by Crippen LogP contribution is 2.15. The molecule has 1 aromatic heterocycles. The van der Waals surface area contributed by atoms with Crippen LogP contribution >= 0.6 is 0 Å².